The van der Waals surface area contributed by atoms with Gasteiger partial charge in [-0.25, -0.2) is 29.3 Å². The van der Waals surface area contributed by atoms with Gasteiger partial charge in [-0.2, -0.15) is 0 Å². The van der Waals surface area contributed by atoms with Crippen LogP contribution < -0.4 is 94.3 Å². The molecule has 2 aliphatic carbocycles. The minimum atomic E-state index is -0.927. The molecule has 11 aromatic rings. The summed E-state index contributed by atoms with van der Waals surface area (Å²) in [6.45, 7) is 16.5. The highest BCUT2D eigenvalue weighted by molar-refractivity contribution is 5.98. The van der Waals surface area contributed by atoms with E-state index in [0.29, 0.717) is 70.2 Å². The highest BCUT2D eigenvalue weighted by Crippen LogP contribution is 2.40. The van der Waals surface area contributed by atoms with Crippen LogP contribution in [-0.4, -0.2) is 177 Å². The zero-order valence-electron chi connectivity index (χ0n) is 79.8. The summed E-state index contributed by atoms with van der Waals surface area (Å²) in [4.78, 5) is 89.9. The van der Waals surface area contributed by atoms with Crippen LogP contribution in [0, 0.1) is 11.8 Å². The quantitative estimate of drug-likeness (QED) is 0.0293. The number of methoxy groups -OCH3 is 10. The number of aliphatic carboxylic acids is 1. The first-order valence-electron chi connectivity index (χ1n) is 44.3. The number of benzene rings is 7. The van der Waals surface area contributed by atoms with Crippen LogP contribution in [0.4, 0.5) is 9.59 Å². The van der Waals surface area contributed by atoms with Crippen molar-refractivity contribution in [1.82, 2.24) is 44.6 Å². The Kier molecular flexibility index (Phi) is 44.5. The largest absolute Gasteiger partial charge is 1.00 e. The Balaban J connectivity index is 0.000000252. The fourth-order valence-electron chi connectivity index (χ4n) is 15.5. The number of hydrogen-bond donors (Lipinski definition) is 6. The number of halogens is 2. The van der Waals surface area contributed by atoms with Crippen LogP contribution in [0.5, 0.6) is 57.5 Å². The van der Waals surface area contributed by atoms with Gasteiger partial charge in [0.1, 0.15) is 36.7 Å². The van der Waals surface area contributed by atoms with Crippen molar-refractivity contribution in [2.24, 2.45) is 11.8 Å². The zero-order valence-corrected chi connectivity index (χ0v) is 81.3. The molecule has 0 radical (unpaired) electrons. The minimum absolute atomic E-state index is 0. The Morgan fingerprint density at radius 1 is 0.459 bits per heavy atom. The lowest BCUT2D eigenvalue weighted by molar-refractivity contribution is -0.420. The van der Waals surface area contributed by atoms with E-state index in [2.05, 4.69) is 59.8 Å². The SMILES string of the molecule is C.CC(C)C1COC(=O)N1.COc1ccc(CC(=O)N2C(=O)OC[C@H]2C(C)C)cc1OC.COc1ccc([C@@H](C)C(=O)O)cc1OC.COc1ccc([C@@H](C)NC(=O)c2ccc3c(c2)nc(-c2ccccn2)n3C2CCCCC2)cc1OC.COc1ccc([C@@H](C)[NH3+])cc1OC.COc1ccc([C@@H](C)[NH3+])cc1OC.O=C(O)c1ccc2c(c1)nc(-c1ccccn1)n2C1CCCCC1.[Cl-].[Cl-]. The summed E-state index contributed by atoms with van der Waals surface area (Å²) < 4.78 is 66.2. The lowest BCUT2D eigenvalue weighted by Crippen LogP contribution is -3.00. The number of carboxylic acid groups (broad SMARTS) is 2. The standard InChI is InChI=1S/C29H32N4O3.C19H19N3O2.C16H21NO5.C11H14O4.2C10H15NO2.C6H11NO2.CH4.2ClH/c1-19(20-13-15-26(35-2)27(18-20)36-3)31-29(34)21-12-14-25-24(17-21)32-28(23-11-7-8-16-30-23)33(25)22-9-5-4-6-10-22;23-19(24)13-9-10-17-16(12-13)21-18(15-8-4-5-11-20-15)22(17)14-6-2-1-3-7-14;1-10(2)12-9-22-16(19)17(12)15(18)8-11-5-6-13(20-3)14(7-11)21-4;1-7(11(12)13)8-4-5-9(14-2)10(6-8)15-3;2*1-7(11)8-4-5-9(12-2)10(6-8)13-3;1-4(2)5-3-9-6(8)7-5;;;/h7-8,11-19,22H,4-6,9-10H2,1-3H3,(H,31,34);4-5,8-12,14H,1-3,6-7H2,(H,23,24);5-7,10,12H,8-9H2,1-4H3;4-7H,1-3H3,(H,12,13);2*4-7H,11H2,1-3H3;4-5H,3H2,1-2H3,(H,7,8);1H4;2*1H/t19-;;12-;3*7-;;;;/m1.0111..../s1. The van der Waals surface area contributed by atoms with Crippen LogP contribution in [0.15, 0.2) is 176 Å². The van der Waals surface area contributed by atoms with Gasteiger partial charge in [-0.3, -0.25) is 24.4 Å². The van der Waals surface area contributed by atoms with Gasteiger partial charge in [0.15, 0.2) is 69.1 Å². The van der Waals surface area contributed by atoms with Crippen molar-refractivity contribution in [2.45, 2.75) is 182 Å². The summed E-state index contributed by atoms with van der Waals surface area (Å²) in [5.74, 6) is 6.18. The molecule has 135 heavy (non-hydrogen) atoms. The number of carboxylic acids is 2. The summed E-state index contributed by atoms with van der Waals surface area (Å²) in [6.07, 6.45) is 14.8. The number of fused-ring (bicyclic) bond motifs is 2. The van der Waals surface area contributed by atoms with E-state index in [1.54, 1.807) is 118 Å². The Labute approximate surface area is 803 Å². The monoisotopic (exact) mass is 1900 g/mol. The van der Waals surface area contributed by atoms with E-state index in [0.717, 1.165) is 116 Å². The van der Waals surface area contributed by atoms with Gasteiger partial charge in [-0.1, -0.05) is 104 Å². The number of aromatic nitrogens is 6. The number of carbonyl (C=O) groups is 6. The molecule has 2 saturated heterocycles. The molecule has 0 spiro atoms. The number of rotatable bonds is 26. The van der Waals surface area contributed by atoms with Crippen molar-refractivity contribution in [3.63, 3.8) is 0 Å². The maximum absolute atomic E-state index is 13.2. The molecule has 10 N–H and O–H groups in total. The van der Waals surface area contributed by atoms with E-state index in [1.807, 2.05) is 150 Å². The van der Waals surface area contributed by atoms with Crippen LogP contribution in [0.2, 0.25) is 0 Å². The molecule has 15 rings (SSSR count). The van der Waals surface area contributed by atoms with Crippen LogP contribution in [0.25, 0.3) is 45.1 Å². The number of cyclic esters (lactones) is 2. The van der Waals surface area contributed by atoms with Gasteiger partial charge in [-0.05, 0) is 215 Å². The van der Waals surface area contributed by atoms with E-state index in [1.165, 1.54) is 64.8 Å². The lowest BCUT2D eigenvalue weighted by Gasteiger charge is -2.25. The second-order valence-electron chi connectivity index (χ2n) is 33.0. The van der Waals surface area contributed by atoms with Crippen molar-refractivity contribution >= 4 is 58.0 Å². The van der Waals surface area contributed by atoms with Crippen molar-refractivity contribution in [2.75, 3.05) is 84.3 Å². The number of ether oxygens (including phenoxy) is 12. The first-order valence-corrected chi connectivity index (χ1v) is 44.3. The van der Waals surface area contributed by atoms with E-state index < -0.39 is 23.9 Å². The number of amides is 4. The molecular weight excluding hydrogens is 1770 g/mol. The predicted octanol–water partition coefficient (Wildman–Crippen LogP) is 12.0. The van der Waals surface area contributed by atoms with Gasteiger partial charge in [0.05, 0.1) is 129 Å². The second-order valence-corrected chi connectivity index (χ2v) is 33.0. The Bertz CT molecular complexity index is 5570. The van der Waals surface area contributed by atoms with E-state index in [4.69, 9.17) is 67.2 Å². The molecule has 730 valence electrons. The average molecular weight is 1900 g/mol. The molecule has 6 heterocycles. The summed E-state index contributed by atoms with van der Waals surface area (Å²) >= 11 is 0. The molecule has 31 nitrogen and oxygen atoms in total. The molecule has 4 amide bonds. The lowest BCUT2D eigenvalue weighted by atomic mass is 9.95. The third-order valence-electron chi connectivity index (χ3n) is 23.3. The topological polar surface area (TPSA) is 398 Å². The fourth-order valence-corrected chi connectivity index (χ4v) is 15.5. The molecule has 0 bridgehead atoms. The Morgan fingerprint density at radius 2 is 0.852 bits per heavy atom. The number of alkyl carbamates (subject to hydrolysis) is 1. The number of hydrogen-bond acceptors (Lipinski definition) is 22. The van der Waals surface area contributed by atoms with E-state index in [-0.39, 0.29) is 105 Å². The van der Waals surface area contributed by atoms with Crippen LogP contribution in [-0.2, 0) is 25.5 Å². The molecule has 7 aromatic carbocycles. The second kappa shape index (κ2) is 54.3. The van der Waals surface area contributed by atoms with E-state index >= 15 is 0 Å². The highest BCUT2D eigenvalue weighted by atomic mass is 35.5. The summed E-state index contributed by atoms with van der Waals surface area (Å²) in [5, 5.41) is 23.9. The molecule has 4 fully saturated rings. The molecule has 33 heteroatoms. The first-order chi connectivity index (χ1) is 63.5. The number of carbonyl (C=O) groups excluding carboxylic acids is 4. The number of imide groups is 1. The van der Waals surface area contributed by atoms with Gasteiger partial charge in [0, 0.05) is 41.2 Å². The number of nitrogens with one attached hydrogen (secondary N) is 2. The number of nitrogens with zero attached hydrogens (tertiary/aromatic N) is 7. The number of imidazole rings is 2. The normalized spacial score (nSPS) is 15.1. The number of pyridine rings is 2. The maximum Gasteiger partial charge on any atom is 0.416 e. The zero-order chi connectivity index (χ0) is 95.8. The minimum Gasteiger partial charge on any atom is -1.00 e. The van der Waals surface area contributed by atoms with Gasteiger partial charge >= 0.3 is 24.1 Å². The van der Waals surface area contributed by atoms with Gasteiger partial charge in [0.25, 0.3) is 5.91 Å². The van der Waals surface area contributed by atoms with Crippen LogP contribution >= 0.6 is 0 Å². The molecule has 4 aliphatic rings. The average Bonchev–Trinajstić information content (AvgIpc) is 1.62. The van der Waals surface area contributed by atoms with Crippen molar-refractivity contribution in [3.05, 3.63) is 215 Å². The van der Waals surface area contributed by atoms with Crippen molar-refractivity contribution in [3.8, 4) is 80.5 Å². The highest BCUT2D eigenvalue weighted by Gasteiger charge is 2.40. The maximum atomic E-state index is 13.2. The molecule has 4 aromatic heterocycles. The molecule has 1 unspecified atom stereocenters. The van der Waals surface area contributed by atoms with Crippen molar-refractivity contribution < 1.29 is 132 Å². The molecular formula is C102H133Cl2N11O20. The molecule has 2 saturated carbocycles. The summed E-state index contributed by atoms with van der Waals surface area (Å²) in [7, 11) is 15.9. The Hall–Kier alpha value is -13.1. The van der Waals surface area contributed by atoms with Gasteiger partial charge < -0.3 is 123 Å². The predicted molar refractivity (Wildman–Crippen MR) is 510 cm³/mol. The van der Waals surface area contributed by atoms with Crippen molar-refractivity contribution in [1.29, 1.82) is 0 Å². The molecule has 2 aliphatic heterocycles. The fraction of sp³-hybridized carbons (Fsp3) is 0.412. The van der Waals surface area contributed by atoms with Crippen LogP contribution in [0.3, 0.4) is 0 Å². The van der Waals surface area contributed by atoms with E-state index in [9.17, 15) is 33.9 Å². The van der Waals surface area contributed by atoms with Gasteiger partial charge in [-0.15, -0.1) is 0 Å². The third kappa shape index (κ3) is 29.7. The number of quaternary nitrogens is 2. The third-order valence-corrected chi connectivity index (χ3v) is 23.3. The first kappa shape index (κ1) is 111. The van der Waals surface area contributed by atoms with Crippen LogP contribution in [0.1, 0.15) is 212 Å². The Morgan fingerprint density at radius 3 is 1.22 bits per heavy atom. The smallest absolute Gasteiger partial charge is 0.416 e. The summed E-state index contributed by atoms with van der Waals surface area (Å²) in [6, 6.07) is 51.6. The van der Waals surface area contributed by atoms with Gasteiger partial charge in [0.2, 0.25) is 5.91 Å². The molecule has 6 atom stereocenters. The summed E-state index contributed by atoms with van der Waals surface area (Å²) in [5.41, 5.74) is 18.7. The number of aromatic carboxylic acids is 1.